The standard InChI is InChI=1S/C17H20N4O3S.C6H11I/c22-16-6-5-14(17(23)18-16)21-7-13(19-20-21)12-9-25-10-15(12)24-8-11-3-1-2-4-11;7-5-6-3-1-2-4-6/h7,9-11,14H,1-6,8H2,(H,18,22,23);6H,1-5H2. The van der Waals surface area contributed by atoms with E-state index in [1.165, 1.54) is 60.5 Å². The van der Waals surface area contributed by atoms with Crippen molar-refractivity contribution < 1.29 is 14.3 Å². The molecular weight excluding hydrogens is 539 g/mol. The van der Waals surface area contributed by atoms with Crippen molar-refractivity contribution in [2.75, 3.05) is 11.0 Å². The van der Waals surface area contributed by atoms with Gasteiger partial charge in [-0.15, -0.1) is 16.4 Å². The van der Waals surface area contributed by atoms with Gasteiger partial charge in [0.05, 0.1) is 18.4 Å². The molecular formula is C23H31IN4O3S. The van der Waals surface area contributed by atoms with Crippen LogP contribution in [-0.4, -0.2) is 37.8 Å². The van der Waals surface area contributed by atoms with Gasteiger partial charge in [-0.2, -0.15) is 0 Å². The highest BCUT2D eigenvalue weighted by atomic mass is 127. The molecule has 2 aromatic rings. The molecule has 9 heteroatoms. The summed E-state index contributed by atoms with van der Waals surface area (Å²) < 4.78 is 8.94. The molecule has 2 aromatic heterocycles. The van der Waals surface area contributed by atoms with Gasteiger partial charge < -0.3 is 4.74 Å². The van der Waals surface area contributed by atoms with Gasteiger partial charge in [-0.25, -0.2) is 4.68 Å². The number of aromatic nitrogens is 3. The van der Waals surface area contributed by atoms with Gasteiger partial charge in [-0.1, -0.05) is 53.5 Å². The summed E-state index contributed by atoms with van der Waals surface area (Å²) in [6, 6.07) is -0.486. The first-order valence-electron chi connectivity index (χ1n) is 11.6. The van der Waals surface area contributed by atoms with Crippen LogP contribution in [0.2, 0.25) is 0 Å². The minimum atomic E-state index is -0.486. The lowest BCUT2D eigenvalue weighted by Crippen LogP contribution is -2.41. The SMILES string of the molecule is ICC1CCCC1.O=C1CCC(n2cc(-c3cscc3OCC3CCCC3)nn2)C(=O)N1. The first-order valence-corrected chi connectivity index (χ1v) is 14.1. The van der Waals surface area contributed by atoms with Crippen molar-refractivity contribution >= 4 is 45.7 Å². The Morgan fingerprint density at radius 2 is 1.78 bits per heavy atom. The summed E-state index contributed by atoms with van der Waals surface area (Å²) >= 11 is 4.05. The molecule has 2 saturated carbocycles. The number of nitrogens with one attached hydrogen (secondary N) is 1. The number of amides is 2. The number of carbonyl (C=O) groups excluding carboxylic acids is 2. The van der Waals surface area contributed by atoms with E-state index in [4.69, 9.17) is 4.74 Å². The second-order valence-corrected chi connectivity index (χ2v) is 10.6. The lowest BCUT2D eigenvalue weighted by atomic mass is 10.1. The molecule has 1 unspecified atom stereocenters. The van der Waals surface area contributed by atoms with Crippen LogP contribution in [0.3, 0.4) is 0 Å². The van der Waals surface area contributed by atoms with Crippen molar-refractivity contribution in [1.29, 1.82) is 0 Å². The van der Waals surface area contributed by atoms with Gasteiger partial charge in [-0.3, -0.25) is 14.9 Å². The van der Waals surface area contributed by atoms with E-state index in [2.05, 4.69) is 38.2 Å². The Hall–Kier alpha value is -1.49. The minimum Gasteiger partial charge on any atom is -0.492 e. The van der Waals surface area contributed by atoms with Crippen molar-refractivity contribution in [2.45, 2.75) is 70.3 Å². The summed E-state index contributed by atoms with van der Waals surface area (Å²) in [5.74, 6) is 2.00. The second kappa shape index (κ2) is 11.6. The maximum absolute atomic E-state index is 12.0. The molecule has 0 bridgehead atoms. The summed E-state index contributed by atoms with van der Waals surface area (Å²) in [7, 11) is 0. The lowest BCUT2D eigenvalue weighted by Gasteiger charge is -2.20. The number of alkyl halides is 1. The van der Waals surface area contributed by atoms with E-state index in [1.54, 1.807) is 17.5 Å². The number of hydrogen-bond acceptors (Lipinski definition) is 6. The predicted molar refractivity (Wildman–Crippen MR) is 133 cm³/mol. The Kier molecular flexibility index (Phi) is 8.56. The number of rotatable bonds is 6. The highest BCUT2D eigenvalue weighted by Crippen LogP contribution is 2.34. The number of piperidine rings is 1. The van der Waals surface area contributed by atoms with Crippen LogP contribution in [-0.2, 0) is 9.59 Å². The number of carbonyl (C=O) groups is 2. The molecule has 7 nitrogen and oxygen atoms in total. The molecule has 5 rings (SSSR count). The number of thiophene rings is 1. The van der Waals surface area contributed by atoms with E-state index < -0.39 is 6.04 Å². The molecule has 0 aromatic carbocycles. The number of hydrogen-bond donors (Lipinski definition) is 1. The van der Waals surface area contributed by atoms with E-state index in [-0.39, 0.29) is 11.8 Å². The molecule has 1 atom stereocenters. The Balaban J connectivity index is 0.000000300. The minimum absolute atomic E-state index is 0.234. The fourth-order valence-electron chi connectivity index (χ4n) is 4.62. The number of ether oxygens (including phenoxy) is 1. The molecule has 0 spiro atoms. The molecule has 3 fully saturated rings. The molecule has 1 saturated heterocycles. The zero-order valence-electron chi connectivity index (χ0n) is 18.3. The highest BCUT2D eigenvalue weighted by molar-refractivity contribution is 14.1. The summed E-state index contributed by atoms with van der Waals surface area (Å²) in [4.78, 5) is 23.2. The Bertz CT molecular complexity index is 903. The monoisotopic (exact) mass is 570 g/mol. The van der Waals surface area contributed by atoms with E-state index in [0.717, 1.165) is 23.8 Å². The van der Waals surface area contributed by atoms with Crippen LogP contribution < -0.4 is 10.1 Å². The summed E-state index contributed by atoms with van der Waals surface area (Å²) in [6.45, 7) is 0.741. The third kappa shape index (κ3) is 6.09. The molecule has 1 aliphatic heterocycles. The second-order valence-electron chi connectivity index (χ2n) is 8.97. The molecule has 3 heterocycles. The van der Waals surface area contributed by atoms with Crippen molar-refractivity contribution in [3.8, 4) is 17.0 Å². The van der Waals surface area contributed by atoms with Crippen molar-refractivity contribution in [1.82, 2.24) is 20.3 Å². The zero-order valence-corrected chi connectivity index (χ0v) is 21.3. The van der Waals surface area contributed by atoms with Crippen LogP contribution in [0.5, 0.6) is 5.75 Å². The molecule has 2 aliphatic carbocycles. The van der Waals surface area contributed by atoms with E-state index >= 15 is 0 Å². The van der Waals surface area contributed by atoms with Crippen LogP contribution >= 0.6 is 33.9 Å². The Labute approximate surface area is 206 Å². The van der Waals surface area contributed by atoms with E-state index in [1.807, 2.05) is 10.8 Å². The van der Waals surface area contributed by atoms with Crippen LogP contribution in [0.1, 0.15) is 70.3 Å². The molecule has 174 valence electrons. The van der Waals surface area contributed by atoms with Gasteiger partial charge in [0.25, 0.3) is 5.91 Å². The molecule has 2 amide bonds. The van der Waals surface area contributed by atoms with E-state index in [9.17, 15) is 9.59 Å². The highest BCUT2D eigenvalue weighted by Gasteiger charge is 2.29. The van der Waals surface area contributed by atoms with Gasteiger partial charge >= 0.3 is 0 Å². The average molecular weight is 570 g/mol. The summed E-state index contributed by atoms with van der Waals surface area (Å²) in [6.07, 6.45) is 13.6. The zero-order chi connectivity index (χ0) is 22.3. The van der Waals surface area contributed by atoms with Crippen molar-refractivity contribution in [2.24, 2.45) is 11.8 Å². The average Bonchev–Trinajstić information content (AvgIpc) is 3.60. The first kappa shape index (κ1) is 23.7. The number of nitrogens with zero attached hydrogens (tertiary/aromatic N) is 3. The smallest absolute Gasteiger partial charge is 0.251 e. The van der Waals surface area contributed by atoms with Crippen LogP contribution in [0, 0.1) is 11.8 Å². The van der Waals surface area contributed by atoms with Gasteiger partial charge in [0.15, 0.2) is 0 Å². The molecule has 3 aliphatic rings. The van der Waals surface area contributed by atoms with Gasteiger partial charge in [0.2, 0.25) is 5.91 Å². The number of halogens is 1. The molecule has 32 heavy (non-hydrogen) atoms. The van der Waals surface area contributed by atoms with Crippen molar-refractivity contribution in [3.05, 3.63) is 17.0 Å². The lowest BCUT2D eigenvalue weighted by molar-refractivity contribution is -0.136. The maximum Gasteiger partial charge on any atom is 0.251 e. The fraction of sp³-hybridized carbons (Fsp3) is 0.652. The maximum atomic E-state index is 12.0. The fourth-order valence-corrected chi connectivity index (χ4v) is 6.26. The van der Waals surface area contributed by atoms with Crippen LogP contribution in [0.25, 0.3) is 11.3 Å². The van der Waals surface area contributed by atoms with Gasteiger partial charge in [0.1, 0.15) is 17.5 Å². The van der Waals surface area contributed by atoms with Gasteiger partial charge in [-0.05, 0) is 43.9 Å². The predicted octanol–water partition coefficient (Wildman–Crippen LogP) is 5.16. The normalized spacial score (nSPS) is 22.0. The molecule has 1 N–H and O–H groups in total. The van der Waals surface area contributed by atoms with Gasteiger partial charge in [0, 0.05) is 21.6 Å². The number of imide groups is 1. The Morgan fingerprint density at radius 1 is 1.06 bits per heavy atom. The third-order valence-corrected chi connectivity index (χ3v) is 8.55. The summed E-state index contributed by atoms with van der Waals surface area (Å²) in [5.41, 5.74) is 1.59. The third-order valence-electron chi connectivity index (χ3n) is 6.58. The van der Waals surface area contributed by atoms with Crippen molar-refractivity contribution in [3.63, 3.8) is 0 Å². The van der Waals surface area contributed by atoms with E-state index in [0.29, 0.717) is 24.5 Å². The summed E-state index contributed by atoms with van der Waals surface area (Å²) in [5, 5.41) is 14.6. The first-order chi connectivity index (χ1) is 15.6. The van der Waals surface area contributed by atoms with Crippen LogP contribution in [0.15, 0.2) is 17.0 Å². The largest absolute Gasteiger partial charge is 0.492 e. The Morgan fingerprint density at radius 3 is 2.44 bits per heavy atom. The quantitative estimate of drug-likeness (QED) is 0.295. The topological polar surface area (TPSA) is 86.1 Å². The van der Waals surface area contributed by atoms with Crippen LogP contribution in [0.4, 0.5) is 0 Å². The molecule has 0 radical (unpaired) electrons.